The van der Waals surface area contributed by atoms with E-state index in [0.29, 0.717) is 21.8 Å². The highest BCUT2D eigenvalue weighted by atomic mass is 35.5. The van der Waals surface area contributed by atoms with Crippen molar-refractivity contribution in [3.63, 3.8) is 0 Å². The van der Waals surface area contributed by atoms with Crippen LogP contribution in [0.5, 0.6) is 0 Å². The van der Waals surface area contributed by atoms with Crippen molar-refractivity contribution < 1.29 is 19.1 Å². The van der Waals surface area contributed by atoms with E-state index in [1.54, 1.807) is 49.4 Å². The monoisotopic (exact) mass is 496 g/mol. The van der Waals surface area contributed by atoms with E-state index in [4.69, 9.17) is 39.5 Å². The molecule has 3 aromatic rings. The first-order valence-corrected chi connectivity index (χ1v) is 10.7. The lowest BCUT2D eigenvalue weighted by atomic mass is 10.1. The molecule has 1 aromatic heterocycles. The molecule has 0 saturated carbocycles. The second-order valence-electron chi connectivity index (χ2n) is 6.27. The Bertz CT molecular complexity index is 1180. The average molecular weight is 498 g/mol. The Hall–Kier alpha value is -2.58. The van der Waals surface area contributed by atoms with Gasteiger partial charge in [0.1, 0.15) is 5.00 Å². The fraction of sp³-hybridized carbons (Fsp3) is 0.0952. The van der Waals surface area contributed by atoms with E-state index in [-0.39, 0.29) is 25.5 Å². The summed E-state index contributed by atoms with van der Waals surface area (Å²) in [6, 6.07) is 11.1. The van der Waals surface area contributed by atoms with Gasteiger partial charge in [-0.1, -0.05) is 40.9 Å². The maximum atomic E-state index is 12.9. The molecule has 0 saturated heterocycles. The highest BCUT2D eigenvalue weighted by Crippen LogP contribution is 2.36. The zero-order valence-corrected chi connectivity index (χ0v) is 19.3. The maximum Gasteiger partial charge on any atom is 0.341 e. The van der Waals surface area contributed by atoms with Gasteiger partial charge in [-0.2, -0.15) is 0 Å². The van der Waals surface area contributed by atoms with Crippen LogP contribution in [-0.4, -0.2) is 24.9 Å². The van der Waals surface area contributed by atoms with E-state index in [1.165, 1.54) is 7.11 Å². The normalized spacial score (nSPS) is 10.5. The van der Waals surface area contributed by atoms with E-state index >= 15 is 0 Å². The molecule has 2 N–H and O–H groups in total. The van der Waals surface area contributed by atoms with Gasteiger partial charge >= 0.3 is 5.97 Å². The number of benzene rings is 2. The second kappa shape index (κ2) is 9.70. The predicted octanol–water partition coefficient (Wildman–Crippen LogP) is 6.31. The fourth-order valence-corrected chi connectivity index (χ4v) is 4.28. The highest BCUT2D eigenvalue weighted by molar-refractivity contribution is 7.19. The number of carbonyl (C=O) groups is 3. The smallest absolute Gasteiger partial charge is 0.341 e. The molecule has 0 unspecified atom stereocenters. The number of esters is 1. The molecule has 160 valence electrons. The Morgan fingerprint density at radius 2 is 1.61 bits per heavy atom. The number of ether oxygens (including phenoxy) is 1. The molecule has 0 bridgehead atoms. The molecular formula is C21H15Cl3N2O4S. The van der Waals surface area contributed by atoms with E-state index in [0.717, 1.165) is 11.3 Å². The van der Waals surface area contributed by atoms with Crippen molar-refractivity contribution in [2.45, 2.75) is 6.92 Å². The molecule has 0 atom stereocenters. The molecule has 1 heterocycles. The molecule has 0 aliphatic carbocycles. The van der Waals surface area contributed by atoms with Crippen molar-refractivity contribution in [3.05, 3.63) is 79.1 Å². The minimum absolute atomic E-state index is 0.0946. The number of thiophene rings is 1. The van der Waals surface area contributed by atoms with E-state index in [1.807, 2.05) is 0 Å². The summed E-state index contributed by atoms with van der Waals surface area (Å²) in [6.07, 6.45) is 0. The molecule has 0 aliphatic rings. The van der Waals surface area contributed by atoms with Gasteiger partial charge in [0.15, 0.2) is 0 Å². The zero-order chi connectivity index (χ0) is 22.7. The average Bonchev–Trinajstić information content (AvgIpc) is 3.07. The van der Waals surface area contributed by atoms with Crippen LogP contribution in [-0.2, 0) is 4.74 Å². The number of nitrogens with one attached hydrogen (secondary N) is 2. The Kier molecular flexibility index (Phi) is 7.23. The highest BCUT2D eigenvalue weighted by Gasteiger charge is 2.27. The van der Waals surface area contributed by atoms with Gasteiger partial charge in [0.05, 0.1) is 33.3 Å². The quantitative estimate of drug-likeness (QED) is 0.405. The summed E-state index contributed by atoms with van der Waals surface area (Å²) in [5, 5.41) is 6.49. The molecule has 10 heteroatoms. The van der Waals surface area contributed by atoms with Gasteiger partial charge in [-0.3, -0.25) is 9.59 Å². The number of carbonyl (C=O) groups excluding carboxylic acids is 3. The first kappa shape index (κ1) is 23.1. The molecule has 0 aliphatic heterocycles. The summed E-state index contributed by atoms with van der Waals surface area (Å²) in [7, 11) is 1.22. The molecule has 2 aromatic carbocycles. The van der Waals surface area contributed by atoms with Crippen LogP contribution in [0, 0.1) is 6.92 Å². The minimum atomic E-state index is -0.681. The molecule has 0 spiro atoms. The third-order valence-electron chi connectivity index (χ3n) is 4.28. The Balaban J connectivity index is 1.95. The van der Waals surface area contributed by atoms with Gasteiger partial charge in [-0.05, 0) is 48.9 Å². The Morgan fingerprint density at radius 1 is 0.935 bits per heavy atom. The summed E-state index contributed by atoms with van der Waals surface area (Å²) in [5.74, 6) is -1.66. The van der Waals surface area contributed by atoms with E-state index in [9.17, 15) is 14.4 Å². The van der Waals surface area contributed by atoms with Crippen LogP contribution in [0.1, 0.15) is 36.0 Å². The first-order chi connectivity index (χ1) is 14.7. The lowest BCUT2D eigenvalue weighted by Crippen LogP contribution is -2.14. The molecule has 3 rings (SSSR count). The van der Waals surface area contributed by atoms with Crippen LogP contribution in [0.15, 0.2) is 42.5 Å². The second-order valence-corrected chi connectivity index (χ2v) is 8.51. The largest absolute Gasteiger partial charge is 0.465 e. The fourth-order valence-electron chi connectivity index (χ4n) is 2.72. The predicted molar refractivity (Wildman–Crippen MR) is 124 cm³/mol. The van der Waals surface area contributed by atoms with Gasteiger partial charge in [0, 0.05) is 10.6 Å². The lowest BCUT2D eigenvalue weighted by Gasteiger charge is -2.07. The van der Waals surface area contributed by atoms with Crippen molar-refractivity contribution in [3.8, 4) is 0 Å². The van der Waals surface area contributed by atoms with Crippen LogP contribution in [0.3, 0.4) is 0 Å². The van der Waals surface area contributed by atoms with Crippen LogP contribution in [0.25, 0.3) is 0 Å². The van der Waals surface area contributed by atoms with Gasteiger partial charge in [0.25, 0.3) is 11.8 Å². The third kappa shape index (κ3) is 5.02. The summed E-state index contributed by atoms with van der Waals surface area (Å²) >= 11 is 18.9. The molecule has 0 fully saturated rings. The zero-order valence-electron chi connectivity index (χ0n) is 16.2. The van der Waals surface area contributed by atoms with Crippen molar-refractivity contribution >= 4 is 74.6 Å². The van der Waals surface area contributed by atoms with Crippen molar-refractivity contribution in [2.75, 3.05) is 17.7 Å². The summed E-state index contributed by atoms with van der Waals surface area (Å²) < 4.78 is 4.84. The number of amides is 2. The summed E-state index contributed by atoms with van der Waals surface area (Å²) in [4.78, 5) is 38.1. The number of methoxy groups -OCH3 is 1. The molecule has 2 amide bonds. The van der Waals surface area contributed by atoms with Gasteiger partial charge in [0.2, 0.25) is 0 Å². The van der Waals surface area contributed by atoms with Crippen LogP contribution >= 0.6 is 46.1 Å². The van der Waals surface area contributed by atoms with Crippen molar-refractivity contribution in [1.29, 1.82) is 0 Å². The Labute approximate surface area is 197 Å². The minimum Gasteiger partial charge on any atom is -0.465 e. The summed E-state index contributed by atoms with van der Waals surface area (Å²) in [6.45, 7) is 1.59. The van der Waals surface area contributed by atoms with Crippen LogP contribution in [0.4, 0.5) is 10.7 Å². The lowest BCUT2D eigenvalue weighted by molar-refractivity contribution is 0.0601. The van der Waals surface area contributed by atoms with E-state index in [2.05, 4.69) is 10.6 Å². The SMILES string of the molecule is COC(=O)c1c(NC(=O)c2ccc(Cl)cc2)sc(C(=O)Nc2cccc(Cl)c2Cl)c1C. The van der Waals surface area contributed by atoms with Gasteiger partial charge in [-0.15, -0.1) is 11.3 Å². The number of hydrogen-bond acceptors (Lipinski definition) is 5. The van der Waals surface area contributed by atoms with Crippen molar-refractivity contribution in [1.82, 2.24) is 0 Å². The Morgan fingerprint density at radius 3 is 2.26 bits per heavy atom. The third-order valence-corrected chi connectivity index (χ3v) is 6.55. The molecule has 0 radical (unpaired) electrons. The number of hydrogen-bond donors (Lipinski definition) is 2. The van der Waals surface area contributed by atoms with E-state index < -0.39 is 17.8 Å². The molecule has 6 nitrogen and oxygen atoms in total. The topological polar surface area (TPSA) is 84.5 Å². The molecule has 31 heavy (non-hydrogen) atoms. The number of rotatable bonds is 5. The first-order valence-electron chi connectivity index (χ1n) is 8.77. The molecular weight excluding hydrogens is 483 g/mol. The standard InChI is InChI=1S/C21H15Cl3N2O4S/c1-10-15(21(29)30-2)20(26-18(27)11-6-8-12(22)9-7-11)31-17(10)19(28)25-14-5-3-4-13(23)16(14)24/h3-9H,1-2H3,(H,25,28)(H,26,27). The van der Waals surface area contributed by atoms with Crippen LogP contribution < -0.4 is 10.6 Å². The number of anilines is 2. The number of halogens is 3. The van der Waals surface area contributed by atoms with Crippen molar-refractivity contribution in [2.24, 2.45) is 0 Å². The van der Waals surface area contributed by atoms with Crippen LogP contribution in [0.2, 0.25) is 15.1 Å². The summed E-state index contributed by atoms with van der Waals surface area (Å²) in [5.41, 5.74) is 1.11. The maximum absolute atomic E-state index is 12.9. The van der Waals surface area contributed by atoms with Gasteiger partial charge in [-0.25, -0.2) is 4.79 Å². The van der Waals surface area contributed by atoms with Gasteiger partial charge < -0.3 is 15.4 Å².